The van der Waals surface area contributed by atoms with Gasteiger partial charge >= 0.3 is 0 Å². The van der Waals surface area contributed by atoms with Crippen LogP contribution < -0.4 is 5.32 Å². The Kier molecular flexibility index (Phi) is 4.39. The first-order chi connectivity index (χ1) is 7.52. The summed E-state index contributed by atoms with van der Waals surface area (Å²) in [6.07, 6.45) is -0.460. The number of rotatable bonds is 4. The zero-order valence-electron chi connectivity index (χ0n) is 9.34. The number of carbonyl (C=O) groups is 1. The van der Waals surface area contributed by atoms with E-state index in [0.29, 0.717) is 11.3 Å². The smallest absolute Gasteiger partial charge is 0.216 e. The number of aromatic nitrogens is 1. The van der Waals surface area contributed by atoms with E-state index in [-0.39, 0.29) is 12.5 Å². The van der Waals surface area contributed by atoms with Gasteiger partial charge in [-0.25, -0.2) is 0 Å². The molecule has 2 atom stereocenters. The van der Waals surface area contributed by atoms with Crippen LogP contribution in [-0.4, -0.2) is 33.8 Å². The monoisotopic (exact) mass is 224 g/mol. The van der Waals surface area contributed by atoms with E-state index in [1.54, 1.807) is 25.3 Å². The van der Waals surface area contributed by atoms with E-state index in [1.165, 1.54) is 6.92 Å². The molecular weight excluding hydrogens is 208 g/mol. The minimum Gasteiger partial charge on any atom is -0.388 e. The molecule has 0 saturated heterocycles. The lowest BCUT2D eigenvalue weighted by Crippen LogP contribution is -2.34. The fraction of sp³-hybridized carbons (Fsp3) is 0.455. The predicted molar refractivity (Wildman–Crippen MR) is 58.6 cm³/mol. The van der Waals surface area contributed by atoms with Crippen molar-refractivity contribution in [1.82, 2.24) is 10.3 Å². The number of hydrogen-bond acceptors (Lipinski definition) is 4. The number of aliphatic hydroxyl groups is 2. The molecule has 5 nitrogen and oxygen atoms in total. The number of amides is 1. The number of hydrogen-bond donors (Lipinski definition) is 3. The zero-order chi connectivity index (χ0) is 12.1. The highest BCUT2D eigenvalue weighted by atomic mass is 16.3. The topological polar surface area (TPSA) is 82.5 Å². The lowest BCUT2D eigenvalue weighted by molar-refractivity contribution is -0.119. The van der Waals surface area contributed by atoms with Gasteiger partial charge in [-0.1, -0.05) is 6.07 Å². The summed E-state index contributed by atoms with van der Waals surface area (Å²) in [6.45, 7) is 3.13. The van der Waals surface area contributed by atoms with Crippen LogP contribution in [0.15, 0.2) is 18.3 Å². The first-order valence-electron chi connectivity index (χ1n) is 5.04. The van der Waals surface area contributed by atoms with Crippen molar-refractivity contribution in [3.05, 3.63) is 29.6 Å². The van der Waals surface area contributed by atoms with Gasteiger partial charge in [0, 0.05) is 30.9 Å². The minimum atomic E-state index is -1.04. The molecule has 0 saturated carbocycles. The average molecular weight is 224 g/mol. The van der Waals surface area contributed by atoms with Crippen molar-refractivity contribution in [2.75, 3.05) is 6.54 Å². The SMILES string of the molecule is CC(=O)NCC(O)C(O)c1cccnc1C. The van der Waals surface area contributed by atoms with Gasteiger partial charge in [0.15, 0.2) is 0 Å². The highest BCUT2D eigenvalue weighted by molar-refractivity contribution is 5.72. The third-order valence-corrected chi connectivity index (χ3v) is 2.29. The minimum absolute atomic E-state index is 0.0187. The van der Waals surface area contributed by atoms with E-state index in [9.17, 15) is 15.0 Å². The summed E-state index contributed by atoms with van der Waals surface area (Å²) in [7, 11) is 0. The summed E-state index contributed by atoms with van der Waals surface area (Å²) in [5, 5.41) is 21.9. The second kappa shape index (κ2) is 5.58. The number of nitrogens with one attached hydrogen (secondary N) is 1. The molecule has 0 aromatic carbocycles. The molecule has 1 amide bonds. The van der Waals surface area contributed by atoms with Gasteiger partial charge in [-0.3, -0.25) is 9.78 Å². The Balaban J connectivity index is 2.66. The van der Waals surface area contributed by atoms with Crippen LogP contribution in [0.3, 0.4) is 0 Å². The number of nitrogens with zero attached hydrogens (tertiary/aromatic N) is 1. The first kappa shape index (κ1) is 12.6. The predicted octanol–water partition coefficient (Wildman–Crippen LogP) is -0.0796. The van der Waals surface area contributed by atoms with Crippen LogP contribution in [0.5, 0.6) is 0 Å². The molecule has 3 N–H and O–H groups in total. The average Bonchev–Trinajstić information content (AvgIpc) is 2.25. The Morgan fingerprint density at radius 1 is 1.56 bits per heavy atom. The summed E-state index contributed by atoms with van der Waals surface area (Å²) in [6, 6.07) is 3.39. The van der Waals surface area contributed by atoms with Gasteiger partial charge < -0.3 is 15.5 Å². The van der Waals surface area contributed by atoms with Gasteiger partial charge in [0.05, 0.1) is 0 Å². The summed E-state index contributed by atoms with van der Waals surface area (Å²) in [5.41, 5.74) is 1.23. The van der Waals surface area contributed by atoms with Gasteiger partial charge in [-0.15, -0.1) is 0 Å². The molecule has 0 bridgehead atoms. The second-order valence-electron chi connectivity index (χ2n) is 3.63. The molecule has 0 aliphatic carbocycles. The van der Waals surface area contributed by atoms with Crippen LogP contribution in [0, 0.1) is 6.92 Å². The second-order valence-corrected chi connectivity index (χ2v) is 3.63. The molecule has 0 aliphatic rings. The van der Waals surface area contributed by atoms with Gasteiger partial charge in [0.1, 0.15) is 12.2 Å². The summed E-state index contributed by atoms with van der Waals surface area (Å²) < 4.78 is 0. The van der Waals surface area contributed by atoms with Gasteiger partial charge in [-0.05, 0) is 13.0 Å². The molecule has 1 aromatic rings. The van der Waals surface area contributed by atoms with Crippen molar-refractivity contribution in [1.29, 1.82) is 0 Å². The normalized spacial score (nSPS) is 14.2. The molecule has 88 valence electrons. The Hall–Kier alpha value is -1.46. The van der Waals surface area contributed by atoms with Crippen molar-refractivity contribution < 1.29 is 15.0 Å². The van der Waals surface area contributed by atoms with Gasteiger partial charge in [-0.2, -0.15) is 0 Å². The van der Waals surface area contributed by atoms with Crippen molar-refractivity contribution in [3.63, 3.8) is 0 Å². The molecule has 1 aromatic heterocycles. The van der Waals surface area contributed by atoms with Crippen LogP contribution >= 0.6 is 0 Å². The molecule has 16 heavy (non-hydrogen) atoms. The maximum atomic E-state index is 10.7. The van der Waals surface area contributed by atoms with Crippen molar-refractivity contribution >= 4 is 5.91 Å². The maximum absolute atomic E-state index is 10.7. The molecule has 5 heteroatoms. The Bertz CT molecular complexity index is 368. The van der Waals surface area contributed by atoms with Crippen LogP contribution in [0.25, 0.3) is 0 Å². The lowest BCUT2D eigenvalue weighted by Gasteiger charge is -2.19. The van der Waals surface area contributed by atoms with Crippen LogP contribution in [0.2, 0.25) is 0 Å². The molecule has 0 fully saturated rings. The fourth-order valence-electron chi connectivity index (χ4n) is 1.38. The van der Waals surface area contributed by atoms with Crippen molar-refractivity contribution in [2.45, 2.75) is 26.1 Å². The number of aliphatic hydroxyl groups excluding tert-OH is 2. The van der Waals surface area contributed by atoms with Crippen molar-refractivity contribution in [2.24, 2.45) is 0 Å². The Labute approximate surface area is 94.1 Å². The highest BCUT2D eigenvalue weighted by Gasteiger charge is 2.20. The molecular formula is C11H16N2O3. The number of carbonyl (C=O) groups excluding carboxylic acids is 1. The van der Waals surface area contributed by atoms with E-state index in [2.05, 4.69) is 10.3 Å². The van der Waals surface area contributed by atoms with Crippen molar-refractivity contribution in [3.8, 4) is 0 Å². The van der Waals surface area contributed by atoms with E-state index < -0.39 is 12.2 Å². The van der Waals surface area contributed by atoms with E-state index in [0.717, 1.165) is 0 Å². The zero-order valence-corrected chi connectivity index (χ0v) is 9.34. The van der Waals surface area contributed by atoms with E-state index in [1.807, 2.05) is 0 Å². The third-order valence-electron chi connectivity index (χ3n) is 2.29. The van der Waals surface area contributed by atoms with E-state index >= 15 is 0 Å². The van der Waals surface area contributed by atoms with E-state index in [4.69, 9.17) is 0 Å². The Morgan fingerprint density at radius 2 is 2.25 bits per heavy atom. The highest BCUT2D eigenvalue weighted by Crippen LogP contribution is 2.18. The summed E-state index contributed by atoms with van der Waals surface area (Å²) in [4.78, 5) is 14.7. The fourth-order valence-corrected chi connectivity index (χ4v) is 1.38. The molecule has 0 radical (unpaired) electrons. The lowest BCUT2D eigenvalue weighted by atomic mass is 10.0. The molecule has 1 heterocycles. The van der Waals surface area contributed by atoms with Gasteiger partial charge in [0.25, 0.3) is 0 Å². The molecule has 0 aliphatic heterocycles. The van der Waals surface area contributed by atoms with Gasteiger partial charge in [0.2, 0.25) is 5.91 Å². The summed E-state index contributed by atoms with van der Waals surface area (Å²) in [5.74, 6) is -0.242. The molecule has 0 spiro atoms. The first-order valence-corrected chi connectivity index (χ1v) is 5.04. The standard InChI is InChI=1S/C11H16N2O3/c1-7-9(4-3-5-12-7)11(16)10(15)6-13-8(2)14/h3-5,10-11,15-16H,6H2,1-2H3,(H,13,14). The molecule has 1 rings (SSSR count). The van der Waals surface area contributed by atoms with Crippen LogP contribution in [0.1, 0.15) is 24.3 Å². The number of aryl methyl sites for hydroxylation is 1. The third kappa shape index (κ3) is 3.29. The number of pyridine rings is 1. The van der Waals surface area contributed by atoms with Crippen LogP contribution in [-0.2, 0) is 4.79 Å². The Morgan fingerprint density at radius 3 is 2.81 bits per heavy atom. The van der Waals surface area contributed by atoms with Crippen LogP contribution in [0.4, 0.5) is 0 Å². The largest absolute Gasteiger partial charge is 0.388 e. The molecule has 2 unspecified atom stereocenters. The quantitative estimate of drug-likeness (QED) is 0.668. The maximum Gasteiger partial charge on any atom is 0.216 e. The summed E-state index contributed by atoms with van der Waals surface area (Å²) >= 11 is 0.